The number of nitrogens with one attached hydrogen (secondary N) is 5. The van der Waals surface area contributed by atoms with Crippen LogP contribution in [0.4, 0.5) is 0 Å². The Bertz CT molecular complexity index is 1220. The summed E-state index contributed by atoms with van der Waals surface area (Å²) in [6, 6.07) is -2.08. The molecule has 13 N–H and O–H groups in total. The molecule has 0 unspecified atom stereocenters. The van der Waals surface area contributed by atoms with Crippen LogP contribution in [-0.4, -0.2) is 111 Å². The summed E-state index contributed by atoms with van der Waals surface area (Å²) in [6.07, 6.45) is -2.62. The number of aliphatic hydroxyl groups excluding tert-OH is 2. The van der Waals surface area contributed by atoms with Crippen LogP contribution in [-0.2, 0) is 40.0 Å². The number of benzene rings is 1. The standard InChI is InChI=1S/C27H41N7O11/c1-12(2)21(29)25(42)30-10-20(39)31-18(11-35)24(41)32-16(9-19(28)38)23(40)34-22(13(3)36)26(43)33-17(27(44)45)8-14-4-6-15(37)7-5-14/h4-7,12-13,16-18,21-22,35-37H,8-11,29H2,1-3H3,(H2,28,38)(H,30,42)(H,31,39)(H,32,41)(H,33,43)(H,34,40)(H,44,45)/t13-,16+,17+,18+,21+,22+/m1/s1. The normalized spacial score (nSPS) is 14.9. The molecule has 0 fully saturated rings. The molecule has 0 spiro atoms. The highest BCUT2D eigenvalue weighted by Crippen LogP contribution is 2.12. The molecule has 0 radical (unpaired) electrons. The summed E-state index contributed by atoms with van der Waals surface area (Å²) in [5.74, 6) is -7.76. The number of hydrogen-bond acceptors (Lipinski definition) is 11. The minimum absolute atomic E-state index is 0.0624. The number of rotatable bonds is 18. The number of primary amides is 1. The van der Waals surface area contributed by atoms with Crippen molar-refractivity contribution >= 4 is 41.4 Å². The van der Waals surface area contributed by atoms with Gasteiger partial charge in [0.15, 0.2) is 0 Å². The molecule has 0 aliphatic heterocycles. The van der Waals surface area contributed by atoms with E-state index in [-0.39, 0.29) is 18.1 Å². The van der Waals surface area contributed by atoms with Crippen LogP contribution in [0.2, 0.25) is 0 Å². The van der Waals surface area contributed by atoms with Gasteiger partial charge in [0.2, 0.25) is 35.4 Å². The molecule has 0 heterocycles. The second kappa shape index (κ2) is 18.1. The third-order valence-electron chi connectivity index (χ3n) is 6.37. The Hall–Kier alpha value is -4.81. The van der Waals surface area contributed by atoms with E-state index in [1.807, 2.05) is 0 Å². The highest BCUT2D eigenvalue weighted by atomic mass is 16.4. The lowest BCUT2D eigenvalue weighted by atomic mass is 10.0. The number of carbonyl (C=O) groups excluding carboxylic acids is 6. The maximum atomic E-state index is 13.0. The molecule has 6 amide bonds. The summed E-state index contributed by atoms with van der Waals surface area (Å²) in [5, 5.41) is 49.7. The highest BCUT2D eigenvalue weighted by Gasteiger charge is 2.34. The summed E-state index contributed by atoms with van der Waals surface area (Å²) < 4.78 is 0. The number of amides is 6. The van der Waals surface area contributed by atoms with E-state index >= 15 is 0 Å². The lowest BCUT2D eigenvalue weighted by Gasteiger charge is -2.26. The van der Waals surface area contributed by atoms with Gasteiger partial charge in [0.05, 0.1) is 31.7 Å². The molecule has 18 nitrogen and oxygen atoms in total. The number of hydrogen-bond donors (Lipinski definition) is 11. The second-order valence-electron chi connectivity index (χ2n) is 10.5. The van der Waals surface area contributed by atoms with E-state index in [1.54, 1.807) is 13.8 Å². The molecule has 0 saturated carbocycles. The molecule has 250 valence electrons. The Morgan fingerprint density at radius 3 is 1.84 bits per heavy atom. The van der Waals surface area contributed by atoms with Gasteiger partial charge < -0.3 is 58.5 Å². The molecular weight excluding hydrogens is 598 g/mol. The van der Waals surface area contributed by atoms with Gasteiger partial charge in [0, 0.05) is 6.42 Å². The van der Waals surface area contributed by atoms with Crippen LogP contribution in [0.5, 0.6) is 5.75 Å². The molecule has 0 aliphatic rings. The Labute approximate surface area is 258 Å². The fraction of sp³-hybridized carbons (Fsp3) is 0.519. The van der Waals surface area contributed by atoms with Crippen LogP contribution in [0.25, 0.3) is 0 Å². The molecule has 1 rings (SSSR count). The topological polar surface area (TPSA) is 313 Å². The van der Waals surface area contributed by atoms with E-state index in [1.165, 1.54) is 24.3 Å². The first-order valence-corrected chi connectivity index (χ1v) is 13.8. The summed E-state index contributed by atoms with van der Waals surface area (Å²) in [5.41, 5.74) is 11.3. The van der Waals surface area contributed by atoms with E-state index in [0.717, 1.165) is 6.92 Å². The van der Waals surface area contributed by atoms with Gasteiger partial charge in [-0.15, -0.1) is 0 Å². The van der Waals surface area contributed by atoms with Crippen LogP contribution in [0, 0.1) is 5.92 Å². The number of phenols is 1. The number of nitrogens with two attached hydrogens (primary N) is 2. The summed E-state index contributed by atoms with van der Waals surface area (Å²) >= 11 is 0. The summed E-state index contributed by atoms with van der Waals surface area (Å²) in [6.45, 7) is 2.95. The van der Waals surface area contributed by atoms with Gasteiger partial charge in [0.25, 0.3) is 0 Å². The molecule has 1 aromatic carbocycles. The maximum Gasteiger partial charge on any atom is 0.326 e. The monoisotopic (exact) mass is 639 g/mol. The average Bonchev–Trinajstić information content (AvgIpc) is 2.96. The summed E-state index contributed by atoms with van der Waals surface area (Å²) in [4.78, 5) is 86.3. The van der Waals surface area contributed by atoms with E-state index in [2.05, 4.69) is 26.6 Å². The number of carboxylic acids is 1. The minimum atomic E-state index is -1.76. The van der Waals surface area contributed by atoms with Gasteiger partial charge in [-0.1, -0.05) is 26.0 Å². The molecule has 18 heteroatoms. The predicted octanol–water partition coefficient (Wildman–Crippen LogP) is -4.69. The second-order valence-corrected chi connectivity index (χ2v) is 10.5. The van der Waals surface area contributed by atoms with Crippen molar-refractivity contribution < 1.29 is 54.0 Å². The Balaban J connectivity index is 2.96. The van der Waals surface area contributed by atoms with Crippen LogP contribution in [0.1, 0.15) is 32.8 Å². The van der Waals surface area contributed by atoms with Crippen molar-refractivity contribution in [3.8, 4) is 5.75 Å². The molecule has 0 aliphatic carbocycles. The first-order valence-electron chi connectivity index (χ1n) is 13.8. The Kier molecular flexibility index (Phi) is 15.4. The van der Waals surface area contributed by atoms with Gasteiger partial charge in [-0.2, -0.15) is 0 Å². The van der Waals surface area contributed by atoms with Crippen molar-refractivity contribution in [2.45, 2.75) is 69.9 Å². The summed E-state index contributed by atoms with van der Waals surface area (Å²) in [7, 11) is 0. The maximum absolute atomic E-state index is 13.0. The first kappa shape index (κ1) is 38.2. The number of phenolic OH excluding ortho intramolecular Hbond substituents is 1. The van der Waals surface area contributed by atoms with Gasteiger partial charge in [0.1, 0.15) is 29.9 Å². The zero-order valence-corrected chi connectivity index (χ0v) is 25.0. The molecule has 1 aromatic rings. The van der Waals surface area contributed by atoms with Crippen LogP contribution in [0.15, 0.2) is 24.3 Å². The van der Waals surface area contributed by atoms with Crippen molar-refractivity contribution in [3.05, 3.63) is 29.8 Å². The van der Waals surface area contributed by atoms with E-state index in [4.69, 9.17) is 11.5 Å². The quantitative estimate of drug-likeness (QED) is 0.0722. The number of aromatic hydroxyl groups is 1. The molecule has 45 heavy (non-hydrogen) atoms. The lowest BCUT2D eigenvalue weighted by Crippen LogP contribution is -2.61. The highest BCUT2D eigenvalue weighted by molar-refractivity contribution is 5.97. The fourth-order valence-electron chi connectivity index (χ4n) is 3.70. The van der Waals surface area contributed by atoms with E-state index in [0.29, 0.717) is 5.56 Å². The smallest absolute Gasteiger partial charge is 0.326 e. The van der Waals surface area contributed by atoms with Crippen molar-refractivity contribution in [1.29, 1.82) is 0 Å². The minimum Gasteiger partial charge on any atom is -0.508 e. The fourth-order valence-corrected chi connectivity index (χ4v) is 3.70. The van der Waals surface area contributed by atoms with E-state index < -0.39 is 97.3 Å². The Morgan fingerprint density at radius 1 is 0.800 bits per heavy atom. The van der Waals surface area contributed by atoms with Gasteiger partial charge in [-0.3, -0.25) is 28.8 Å². The largest absolute Gasteiger partial charge is 0.508 e. The lowest BCUT2D eigenvalue weighted by molar-refractivity contribution is -0.143. The van der Waals surface area contributed by atoms with Crippen molar-refractivity contribution in [2.24, 2.45) is 17.4 Å². The van der Waals surface area contributed by atoms with E-state index in [9.17, 15) is 54.0 Å². The van der Waals surface area contributed by atoms with Crippen LogP contribution < -0.4 is 38.1 Å². The third-order valence-corrected chi connectivity index (χ3v) is 6.37. The number of aliphatic carboxylic acids is 1. The molecular formula is C27H41N7O11. The first-order chi connectivity index (χ1) is 21.0. The van der Waals surface area contributed by atoms with Gasteiger partial charge in [-0.25, -0.2) is 4.79 Å². The van der Waals surface area contributed by atoms with Crippen molar-refractivity contribution in [3.63, 3.8) is 0 Å². The van der Waals surface area contributed by atoms with Crippen molar-refractivity contribution in [2.75, 3.05) is 13.2 Å². The predicted molar refractivity (Wildman–Crippen MR) is 156 cm³/mol. The van der Waals surface area contributed by atoms with Crippen molar-refractivity contribution in [1.82, 2.24) is 26.6 Å². The zero-order valence-electron chi connectivity index (χ0n) is 25.0. The van der Waals surface area contributed by atoms with Gasteiger partial charge >= 0.3 is 5.97 Å². The molecule has 0 aromatic heterocycles. The van der Waals surface area contributed by atoms with Crippen LogP contribution in [0.3, 0.4) is 0 Å². The van der Waals surface area contributed by atoms with Gasteiger partial charge in [-0.05, 0) is 30.5 Å². The molecule has 0 bridgehead atoms. The average molecular weight is 640 g/mol. The molecule has 6 atom stereocenters. The van der Waals surface area contributed by atoms with Crippen LogP contribution >= 0.6 is 0 Å². The Morgan fingerprint density at radius 2 is 1.36 bits per heavy atom. The zero-order chi connectivity index (χ0) is 34.4. The number of aliphatic hydroxyl groups is 2. The third kappa shape index (κ3) is 13.2. The molecule has 0 saturated heterocycles. The number of carboxylic acid groups (broad SMARTS) is 1. The number of carbonyl (C=O) groups is 7. The SMILES string of the molecule is CC(C)[C@H](N)C(=O)NCC(=O)N[C@@H](CO)C(=O)N[C@@H](CC(N)=O)C(=O)N[C@H](C(=O)N[C@@H](Cc1ccc(O)cc1)C(=O)O)[C@@H](C)O.